The number of hydrogen-bond donors (Lipinski definition) is 1. The molecule has 0 unspecified atom stereocenters. The lowest BCUT2D eigenvalue weighted by Gasteiger charge is -2.30. The average molecular weight is 594 g/mol. The molecule has 0 spiro atoms. The number of nitrogens with zero attached hydrogens (tertiary/aromatic N) is 5. The van der Waals surface area contributed by atoms with Crippen molar-refractivity contribution in [1.29, 1.82) is 0 Å². The predicted octanol–water partition coefficient (Wildman–Crippen LogP) is 4.73. The van der Waals surface area contributed by atoms with E-state index in [4.69, 9.17) is 11.6 Å². The molecule has 1 aliphatic rings. The van der Waals surface area contributed by atoms with Crippen molar-refractivity contribution < 1.29 is 21.6 Å². The number of piperidine rings is 1. The van der Waals surface area contributed by atoms with Gasteiger partial charge in [-0.3, -0.25) is 0 Å². The van der Waals surface area contributed by atoms with Crippen molar-refractivity contribution in [3.8, 4) is 17.1 Å². The molecular weight excluding hydrogens is 573 g/mol. The molecule has 0 radical (unpaired) electrons. The zero-order valence-electron chi connectivity index (χ0n) is 18.4. The highest BCUT2D eigenvalue weighted by Gasteiger charge is 2.36. The van der Waals surface area contributed by atoms with E-state index < -0.39 is 21.8 Å². The van der Waals surface area contributed by atoms with Gasteiger partial charge in [-0.05, 0) is 30.5 Å². The summed E-state index contributed by atoms with van der Waals surface area (Å²) in [5.41, 5.74) is 0.146. The Bertz CT molecular complexity index is 1330. The standard InChI is InChI=1S/C21H21BrClF3N6O2S/c1-35(33,34)32-6-4-14(5-7-32)29-20-27-10-15(21(24,25)26)19(30-20)17-11-31(12-28-17)18-3-2-13(9-22)8-16(18)23/h2-3,8,10-12,14H,4-7,9H2,1H3,(H,27,29,30). The number of imidazole rings is 1. The molecule has 1 saturated heterocycles. The normalized spacial score (nSPS) is 15.9. The van der Waals surface area contributed by atoms with Crippen molar-refractivity contribution in [1.82, 2.24) is 23.8 Å². The Morgan fingerprint density at radius 2 is 1.94 bits per heavy atom. The van der Waals surface area contributed by atoms with E-state index in [1.807, 2.05) is 6.07 Å². The maximum Gasteiger partial charge on any atom is 0.420 e. The van der Waals surface area contributed by atoms with Gasteiger partial charge in [-0.1, -0.05) is 33.6 Å². The molecule has 1 aromatic carbocycles. The zero-order chi connectivity index (χ0) is 25.4. The first-order valence-corrected chi connectivity index (χ1v) is 13.9. The van der Waals surface area contributed by atoms with Gasteiger partial charge in [-0.25, -0.2) is 27.7 Å². The van der Waals surface area contributed by atoms with Crippen LogP contribution < -0.4 is 5.32 Å². The van der Waals surface area contributed by atoms with E-state index in [1.165, 1.54) is 21.4 Å². The van der Waals surface area contributed by atoms with Crippen LogP contribution in [-0.2, 0) is 21.5 Å². The fraction of sp³-hybridized carbons (Fsp3) is 0.381. The van der Waals surface area contributed by atoms with Gasteiger partial charge in [0, 0.05) is 36.9 Å². The Kier molecular flexibility index (Phi) is 7.41. The van der Waals surface area contributed by atoms with Crippen LogP contribution in [0.15, 0.2) is 36.9 Å². The molecule has 4 rings (SSSR count). The van der Waals surface area contributed by atoms with Crippen LogP contribution in [-0.4, -0.2) is 57.6 Å². The highest BCUT2D eigenvalue weighted by molar-refractivity contribution is 9.08. The predicted molar refractivity (Wildman–Crippen MR) is 130 cm³/mol. The van der Waals surface area contributed by atoms with E-state index in [-0.39, 0.29) is 23.4 Å². The molecule has 0 bridgehead atoms. The van der Waals surface area contributed by atoms with Crippen LogP contribution in [0.5, 0.6) is 0 Å². The van der Waals surface area contributed by atoms with Gasteiger partial charge in [0.05, 0.1) is 17.0 Å². The summed E-state index contributed by atoms with van der Waals surface area (Å²) in [6.07, 6.45) is 0.950. The van der Waals surface area contributed by atoms with Crippen LogP contribution in [0.2, 0.25) is 5.02 Å². The average Bonchev–Trinajstić information content (AvgIpc) is 3.28. The summed E-state index contributed by atoms with van der Waals surface area (Å²) in [6, 6.07) is 5.18. The molecule has 0 amide bonds. The molecule has 0 atom stereocenters. The molecule has 188 valence electrons. The fourth-order valence-electron chi connectivity index (χ4n) is 3.79. The van der Waals surface area contributed by atoms with Gasteiger partial charge < -0.3 is 9.88 Å². The summed E-state index contributed by atoms with van der Waals surface area (Å²) in [5, 5.41) is 4.07. The first-order valence-electron chi connectivity index (χ1n) is 10.5. The number of halogens is 5. The van der Waals surface area contributed by atoms with Crippen LogP contribution in [0, 0.1) is 0 Å². The Labute approximate surface area is 213 Å². The molecule has 1 aliphatic heterocycles. The van der Waals surface area contributed by atoms with Crippen LogP contribution in [0.4, 0.5) is 19.1 Å². The van der Waals surface area contributed by atoms with Gasteiger partial charge >= 0.3 is 6.18 Å². The summed E-state index contributed by atoms with van der Waals surface area (Å²) in [4.78, 5) is 12.1. The second kappa shape index (κ2) is 10.0. The van der Waals surface area contributed by atoms with Crippen molar-refractivity contribution in [3.63, 3.8) is 0 Å². The highest BCUT2D eigenvalue weighted by atomic mass is 79.9. The summed E-state index contributed by atoms with van der Waals surface area (Å²) < 4.78 is 67.5. The largest absolute Gasteiger partial charge is 0.420 e. The van der Waals surface area contributed by atoms with Crippen LogP contribution >= 0.6 is 27.5 Å². The zero-order valence-corrected chi connectivity index (χ0v) is 21.6. The molecule has 3 aromatic rings. The molecular formula is C21H21BrClF3N6O2S. The van der Waals surface area contributed by atoms with Crippen molar-refractivity contribution in [2.24, 2.45) is 0 Å². The number of hydrogen-bond acceptors (Lipinski definition) is 6. The quantitative estimate of drug-likeness (QED) is 0.416. The molecule has 0 saturated carbocycles. The van der Waals surface area contributed by atoms with Gasteiger partial charge in [0.1, 0.15) is 23.3 Å². The lowest BCUT2D eigenvalue weighted by Crippen LogP contribution is -2.42. The SMILES string of the molecule is CS(=O)(=O)N1CCC(Nc2ncc(C(F)(F)F)c(-c3cn(-c4ccc(CBr)cc4Cl)cn3)n2)CC1. The van der Waals surface area contributed by atoms with Crippen LogP contribution in [0.25, 0.3) is 17.1 Å². The Morgan fingerprint density at radius 3 is 2.54 bits per heavy atom. The minimum absolute atomic E-state index is 0.00954. The summed E-state index contributed by atoms with van der Waals surface area (Å²) in [7, 11) is -3.29. The van der Waals surface area contributed by atoms with Crippen LogP contribution in [0.3, 0.4) is 0 Å². The number of rotatable bonds is 6. The monoisotopic (exact) mass is 592 g/mol. The minimum Gasteiger partial charge on any atom is -0.351 e. The second-order valence-electron chi connectivity index (χ2n) is 8.12. The summed E-state index contributed by atoms with van der Waals surface area (Å²) in [5.74, 6) is 0.0139. The van der Waals surface area contributed by atoms with Gasteiger partial charge in [0.15, 0.2) is 0 Å². The molecule has 1 fully saturated rings. The van der Waals surface area contributed by atoms with Gasteiger partial charge in [0.2, 0.25) is 16.0 Å². The molecule has 35 heavy (non-hydrogen) atoms. The molecule has 14 heteroatoms. The molecule has 8 nitrogen and oxygen atoms in total. The topological polar surface area (TPSA) is 93.0 Å². The van der Waals surface area contributed by atoms with Gasteiger partial charge in [-0.2, -0.15) is 13.2 Å². The van der Waals surface area contributed by atoms with E-state index in [9.17, 15) is 21.6 Å². The molecule has 0 aliphatic carbocycles. The Hall–Kier alpha value is -2.22. The van der Waals surface area contributed by atoms with Gasteiger partial charge in [0.25, 0.3) is 0 Å². The third-order valence-corrected chi connectivity index (χ3v) is 7.87. The number of sulfonamides is 1. The number of alkyl halides is 4. The first-order chi connectivity index (χ1) is 16.5. The van der Waals surface area contributed by atoms with Crippen molar-refractivity contribution >= 4 is 43.5 Å². The van der Waals surface area contributed by atoms with Crippen molar-refractivity contribution in [2.75, 3.05) is 24.7 Å². The number of aromatic nitrogens is 4. The maximum absolute atomic E-state index is 13.7. The van der Waals surface area contributed by atoms with E-state index in [1.54, 1.807) is 12.1 Å². The first kappa shape index (κ1) is 25.9. The van der Waals surface area contributed by atoms with E-state index >= 15 is 0 Å². The minimum atomic E-state index is -4.69. The van der Waals surface area contributed by atoms with Gasteiger partial charge in [-0.15, -0.1) is 0 Å². The summed E-state index contributed by atoms with van der Waals surface area (Å²) in [6.45, 7) is 0.617. The smallest absolute Gasteiger partial charge is 0.351 e. The van der Waals surface area contributed by atoms with Crippen LogP contribution in [0.1, 0.15) is 24.0 Å². The fourth-order valence-corrected chi connectivity index (χ4v) is 5.31. The van der Waals surface area contributed by atoms with E-state index in [0.717, 1.165) is 18.0 Å². The second-order valence-corrected chi connectivity index (χ2v) is 11.1. The van der Waals surface area contributed by atoms with E-state index in [2.05, 4.69) is 36.2 Å². The number of anilines is 1. The Morgan fingerprint density at radius 1 is 1.23 bits per heavy atom. The molecule has 1 N–H and O–H groups in total. The third-order valence-electron chi connectivity index (χ3n) is 5.62. The number of nitrogens with one attached hydrogen (secondary N) is 1. The lowest BCUT2D eigenvalue weighted by atomic mass is 10.1. The highest BCUT2D eigenvalue weighted by Crippen LogP contribution is 2.36. The van der Waals surface area contributed by atoms with E-state index in [0.29, 0.717) is 42.0 Å². The molecule has 2 aromatic heterocycles. The molecule has 3 heterocycles. The summed E-state index contributed by atoms with van der Waals surface area (Å²) >= 11 is 9.70. The van der Waals surface area contributed by atoms with Crippen molar-refractivity contribution in [2.45, 2.75) is 30.4 Å². The van der Waals surface area contributed by atoms with Crippen molar-refractivity contribution in [3.05, 3.63) is 53.1 Å². The number of benzene rings is 1. The lowest BCUT2D eigenvalue weighted by molar-refractivity contribution is -0.137. The Balaban J connectivity index is 1.62. The third kappa shape index (κ3) is 5.96. The maximum atomic E-state index is 13.7.